The highest BCUT2D eigenvalue weighted by Gasteiger charge is 2.15. The Kier molecular flexibility index (Phi) is 5.14. The number of ether oxygens (including phenoxy) is 1. The van der Waals surface area contributed by atoms with Crippen LogP contribution in [0.3, 0.4) is 0 Å². The minimum absolute atomic E-state index is 0.318. The number of carbonyl (C=O) groups excluding carboxylic acids is 1. The highest BCUT2D eigenvalue weighted by molar-refractivity contribution is 7.15. The van der Waals surface area contributed by atoms with Crippen LogP contribution in [0.1, 0.15) is 29.2 Å². The average Bonchev–Trinajstić information content (AvgIpc) is 2.85. The number of nitrogens with zero attached hydrogens (tertiary/aromatic N) is 2. The molecule has 2 rings (SSSR count). The maximum Gasteiger partial charge on any atom is 0.261 e. The van der Waals surface area contributed by atoms with E-state index < -0.39 is 0 Å². The Labute approximate surface area is 132 Å². The number of carbonyl (C=O) groups is 1. The molecule has 0 spiro atoms. The molecule has 5 nitrogen and oxygen atoms in total. The van der Waals surface area contributed by atoms with Crippen molar-refractivity contribution in [2.75, 3.05) is 12.4 Å². The highest BCUT2D eigenvalue weighted by Crippen LogP contribution is 2.25. The maximum atomic E-state index is 12.3. The number of hydrogen-bond acceptors (Lipinski definition) is 5. The lowest BCUT2D eigenvalue weighted by molar-refractivity contribution is 0.102. The van der Waals surface area contributed by atoms with Crippen molar-refractivity contribution in [2.45, 2.75) is 20.3 Å². The maximum absolute atomic E-state index is 12.3. The van der Waals surface area contributed by atoms with Crippen LogP contribution in [-0.4, -0.2) is 23.2 Å². The standard InChI is InChI=1S/C14H16ClN3O2S/c1-8(2)6-12-17-18-14(21-12)16-13(19)10-7-9(15)4-5-11(10)20-3/h4-5,7-8H,6H2,1-3H3,(H,16,18,19). The summed E-state index contributed by atoms with van der Waals surface area (Å²) in [5.74, 6) is 0.639. The first kappa shape index (κ1) is 15.7. The average molecular weight is 326 g/mol. The van der Waals surface area contributed by atoms with Gasteiger partial charge in [0.25, 0.3) is 5.91 Å². The van der Waals surface area contributed by atoms with Crippen molar-refractivity contribution in [3.63, 3.8) is 0 Å². The van der Waals surface area contributed by atoms with Crippen LogP contribution in [-0.2, 0) is 6.42 Å². The van der Waals surface area contributed by atoms with Crippen molar-refractivity contribution in [2.24, 2.45) is 5.92 Å². The lowest BCUT2D eigenvalue weighted by atomic mass is 10.1. The molecule has 0 radical (unpaired) electrons. The van der Waals surface area contributed by atoms with Gasteiger partial charge in [0.1, 0.15) is 10.8 Å². The molecule has 1 aromatic heterocycles. The number of aromatic nitrogens is 2. The predicted octanol–water partition coefficient (Wildman–Crippen LogP) is 3.65. The number of hydrogen-bond donors (Lipinski definition) is 1. The Bertz CT molecular complexity index is 643. The molecule has 1 heterocycles. The van der Waals surface area contributed by atoms with Gasteiger partial charge < -0.3 is 4.74 Å². The van der Waals surface area contributed by atoms with Crippen LogP contribution < -0.4 is 10.1 Å². The van der Waals surface area contributed by atoms with Gasteiger partial charge in [0.2, 0.25) is 5.13 Å². The van der Waals surface area contributed by atoms with Crippen molar-refractivity contribution >= 4 is 34.0 Å². The van der Waals surface area contributed by atoms with E-state index in [0.717, 1.165) is 11.4 Å². The van der Waals surface area contributed by atoms with E-state index in [1.54, 1.807) is 18.2 Å². The van der Waals surface area contributed by atoms with E-state index in [1.807, 2.05) is 0 Å². The first-order valence-corrected chi connectivity index (χ1v) is 7.66. The minimum atomic E-state index is -0.318. The summed E-state index contributed by atoms with van der Waals surface area (Å²) in [5.41, 5.74) is 0.366. The zero-order valence-corrected chi connectivity index (χ0v) is 13.6. The van der Waals surface area contributed by atoms with Crippen molar-refractivity contribution in [3.8, 4) is 5.75 Å². The number of rotatable bonds is 5. The van der Waals surface area contributed by atoms with Crippen LogP contribution >= 0.6 is 22.9 Å². The largest absolute Gasteiger partial charge is 0.496 e. The summed E-state index contributed by atoms with van der Waals surface area (Å²) in [5, 5.41) is 12.6. The molecule has 0 atom stereocenters. The van der Waals surface area contributed by atoms with Gasteiger partial charge in [-0.15, -0.1) is 10.2 Å². The lowest BCUT2D eigenvalue weighted by Gasteiger charge is -2.07. The van der Waals surface area contributed by atoms with E-state index in [-0.39, 0.29) is 5.91 Å². The van der Waals surface area contributed by atoms with Crippen molar-refractivity contribution in [3.05, 3.63) is 33.8 Å². The SMILES string of the molecule is COc1ccc(Cl)cc1C(=O)Nc1nnc(CC(C)C)s1. The number of benzene rings is 1. The Morgan fingerprint density at radius 1 is 1.43 bits per heavy atom. The van der Waals surface area contributed by atoms with Gasteiger partial charge in [-0.3, -0.25) is 10.1 Å². The molecule has 1 N–H and O–H groups in total. The van der Waals surface area contributed by atoms with Gasteiger partial charge in [0.05, 0.1) is 12.7 Å². The van der Waals surface area contributed by atoms with E-state index in [4.69, 9.17) is 16.3 Å². The molecule has 0 aliphatic carbocycles. The van der Waals surface area contributed by atoms with E-state index >= 15 is 0 Å². The fourth-order valence-corrected chi connectivity index (χ4v) is 2.88. The van der Waals surface area contributed by atoms with Crippen LogP contribution in [0, 0.1) is 5.92 Å². The van der Waals surface area contributed by atoms with E-state index in [1.165, 1.54) is 18.4 Å². The molecular weight excluding hydrogens is 310 g/mol. The van der Waals surface area contributed by atoms with Crippen LogP contribution in [0.15, 0.2) is 18.2 Å². The molecule has 0 unspecified atom stereocenters. The van der Waals surface area contributed by atoms with Gasteiger partial charge >= 0.3 is 0 Å². The molecule has 2 aromatic rings. The van der Waals surface area contributed by atoms with Crippen molar-refractivity contribution in [1.82, 2.24) is 10.2 Å². The predicted molar refractivity (Wildman–Crippen MR) is 84.4 cm³/mol. The molecule has 0 aliphatic rings. The normalized spacial score (nSPS) is 10.7. The number of methoxy groups -OCH3 is 1. The minimum Gasteiger partial charge on any atom is -0.496 e. The second kappa shape index (κ2) is 6.87. The summed E-state index contributed by atoms with van der Waals surface area (Å²) < 4.78 is 5.16. The summed E-state index contributed by atoms with van der Waals surface area (Å²) in [6.07, 6.45) is 0.841. The zero-order chi connectivity index (χ0) is 15.4. The lowest BCUT2D eigenvalue weighted by Crippen LogP contribution is -2.13. The summed E-state index contributed by atoms with van der Waals surface area (Å²) in [7, 11) is 1.51. The number of nitrogens with one attached hydrogen (secondary N) is 1. The van der Waals surface area contributed by atoms with Crippen LogP contribution in [0.25, 0.3) is 0 Å². The topological polar surface area (TPSA) is 64.1 Å². The van der Waals surface area contributed by atoms with Gasteiger partial charge in [-0.1, -0.05) is 36.8 Å². The Hall–Kier alpha value is -1.66. The fraction of sp³-hybridized carbons (Fsp3) is 0.357. The third kappa shape index (κ3) is 4.15. The Morgan fingerprint density at radius 2 is 2.19 bits per heavy atom. The second-order valence-electron chi connectivity index (χ2n) is 4.90. The molecule has 112 valence electrons. The number of amides is 1. The monoisotopic (exact) mass is 325 g/mol. The molecule has 21 heavy (non-hydrogen) atoms. The van der Waals surface area contributed by atoms with Crippen molar-refractivity contribution < 1.29 is 9.53 Å². The van der Waals surface area contributed by atoms with E-state index in [2.05, 4.69) is 29.4 Å². The quantitative estimate of drug-likeness (QED) is 0.911. The Balaban J connectivity index is 2.14. The molecule has 1 aromatic carbocycles. The molecule has 0 aliphatic heterocycles. The van der Waals surface area contributed by atoms with Gasteiger partial charge in [0, 0.05) is 11.4 Å². The smallest absolute Gasteiger partial charge is 0.261 e. The third-order valence-corrected chi connectivity index (χ3v) is 3.77. The fourth-order valence-electron chi connectivity index (χ4n) is 1.76. The van der Waals surface area contributed by atoms with Crippen LogP contribution in [0.5, 0.6) is 5.75 Å². The van der Waals surface area contributed by atoms with Crippen LogP contribution in [0.2, 0.25) is 5.02 Å². The Morgan fingerprint density at radius 3 is 2.86 bits per heavy atom. The van der Waals surface area contributed by atoms with Crippen molar-refractivity contribution in [1.29, 1.82) is 0 Å². The molecule has 0 fully saturated rings. The summed E-state index contributed by atoms with van der Waals surface area (Å²) >= 11 is 7.30. The van der Waals surface area contributed by atoms with Gasteiger partial charge in [-0.25, -0.2) is 0 Å². The van der Waals surface area contributed by atoms with E-state index in [0.29, 0.717) is 27.4 Å². The zero-order valence-electron chi connectivity index (χ0n) is 12.0. The molecule has 7 heteroatoms. The molecule has 0 saturated heterocycles. The number of halogens is 1. The van der Waals surface area contributed by atoms with E-state index in [9.17, 15) is 4.79 Å². The van der Waals surface area contributed by atoms with Gasteiger partial charge in [-0.2, -0.15) is 0 Å². The summed E-state index contributed by atoms with van der Waals surface area (Å²) in [6.45, 7) is 4.22. The first-order chi connectivity index (χ1) is 9.99. The summed E-state index contributed by atoms with van der Waals surface area (Å²) in [4.78, 5) is 12.3. The first-order valence-electron chi connectivity index (χ1n) is 6.47. The second-order valence-corrected chi connectivity index (χ2v) is 6.40. The third-order valence-electron chi connectivity index (χ3n) is 2.68. The highest BCUT2D eigenvalue weighted by atomic mass is 35.5. The van der Waals surface area contributed by atoms with Crippen LogP contribution in [0.4, 0.5) is 5.13 Å². The molecule has 0 saturated carbocycles. The number of anilines is 1. The molecule has 1 amide bonds. The van der Waals surface area contributed by atoms with Gasteiger partial charge in [0.15, 0.2) is 0 Å². The molecular formula is C14H16ClN3O2S. The molecule has 0 bridgehead atoms. The van der Waals surface area contributed by atoms with Gasteiger partial charge in [-0.05, 0) is 24.1 Å². The summed E-state index contributed by atoms with van der Waals surface area (Å²) in [6, 6.07) is 4.89.